The van der Waals surface area contributed by atoms with Gasteiger partial charge >= 0.3 is 0 Å². The molecule has 0 bridgehead atoms. The predicted molar refractivity (Wildman–Crippen MR) is 136 cm³/mol. The van der Waals surface area contributed by atoms with Gasteiger partial charge in [-0.2, -0.15) is 0 Å². The number of para-hydroxylation sites is 1. The number of ether oxygens (including phenoxy) is 1. The first kappa shape index (κ1) is 25.6. The average molecular weight is 528 g/mol. The molecule has 1 aliphatic heterocycles. The van der Waals surface area contributed by atoms with Crippen molar-refractivity contribution in [3.8, 4) is 5.75 Å². The molecule has 3 amide bonds. The lowest BCUT2D eigenvalue weighted by Gasteiger charge is -2.36. The number of hydrogen-bond donors (Lipinski definition) is 2. The number of piperidine rings is 1. The second-order valence-electron chi connectivity index (χ2n) is 8.82. The van der Waals surface area contributed by atoms with Crippen LogP contribution in [0.5, 0.6) is 5.75 Å². The Labute approximate surface area is 217 Å². The number of rotatable bonds is 6. The summed E-state index contributed by atoms with van der Waals surface area (Å²) in [7, 11) is 0. The van der Waals surface area contributed by atoms with Crippen LogP contribution in [0.4, 0.5) is 0 Å². The van der Waals surface area contributed by atoms with Crippen molar-refractivity contribution in [3.63, 3.8) is 0 Å². The Morgan fingerprint density at radius 1 is 1.06 bits per heavy atom. The van der Waals surface area contributed by atoms with E-state index in [0.717, 1.165) is 17.8 Å². The fourth-order valence-corrected chi connectivity index (χ4v) is 5.03. The molecule has 1 aliphatic rings. The molecule has 0 atom stereocenters. The number of thiazole rings is 1. The number of nitrogens with zero attached hydrogens (tertiary/aromatic N) is 3. The Kier molecular flexibility index (Phi) is 7.85. The molecule has 11 heteroatoms. The van der Waals surface area contributed by atoms with Crippen LogP contribution in [0.15, 0.2) is 54.2 Å². The number of aromatic nitrogens is 2. The van der Waals surface area contributed by atoms with Crippen LogP contribution in [0.1, 0.15) is 58.5 Å². The first-order chi connectivity index (χ1) is 17.2. The normalized spacial score (nSPS) is 14.2. The van der Waals surface area contributed by atoms with E-state index in [1.807, 2.05) is 6.07 Å². The molecule has 4 rings (SSSR count). The van der Waals surface area contributed by atoms with E-state index in [4.69, 9.17) is 16.3 Å². The molecule has 36 heavy (non-hydrogen) atoms. The highest BCUT2D eigenvalue weighted by Gasteiger charge is 2.37. The number of amides is 3. The highest BCUT2D eigenvalue weighted by Crippen LogP contribution is 2.33. The number of nitrogens with one attached hydrogen (secondary N) is 2. The number of carbonyl (C=O) groups excluding carboxylic acids is 3. The van der Waals surface area contributed by atoms with Crippen molar-refractivity contribution in [3.05, 3.63) is 75.5 Å². The quantitative estimate of drug-likeness (QED) is 0.471. The van der Waals surface area contributed by atoms with Crippen LogP contribution in [0.3, 0.4) is 0 Å². The van der Waals surface area contributed by atoms with Crippen molar-refractivity contribution >= 4 is 40.7 Å². The van der Waals surface area contributed by atoms with Gasteiger partial charge in [0.1, 0.15) is 11.4 Å². The van der Waals surface area contributed by atoms with Crippen molar-refractivity contribution < 1.29 is 19.1 Å². The zero-order chi connectivity index (χ0) is 25.7. The number of hydrogen-bond acceptors (Lipinski definition) is 7. The third-order valence-corrected chi connectivity index (χ3v) is 7.15. The maximum atomic E-state index is 13.2. The van der Waals surface area contributed by atoms with Gasteiger partial charge in [0.05, 0.1) is 10.0 Å². The minimum absolute atomic E-state index is 0.106. The third kappa shape index (κ3) is 6.00. The van der Waals surface area contributed by atoms with Gasteiger partial charge in [-0.3, -0.25) is 30.2 Å². The van der Waals surface area contributed by atoms with E-state index >= 15 is 0 Å². The van der Waals surface area contributed by atoms with Gasteiger partial charge in [0.15, 0.2) is 5.60 Å². The molecule has 2 N–H and O–H groups in total. The Hall–Kier alpha value is -3.50. The third-order valence-electron chi connectivity index (χ3n) is 5.83. The van der Waals surface area contributed by atoms with Gasteiger partial charge < -0.3 is 9.64 Å². The molecule has 9 nitrogen and oxygen atoms in total. The monoisotopic (exact) mass is 527 g/mol. The van der Waals surface area contributed by atoms with Gasteiger partial charge in [-0.05, 0) is 51.0 Å². The smallest absolute Gasteiger partial charge is 0.289 e. The molecular weight excluding hydrogens is 502 g/mol. The highest BCUT2D eigenvalue weighted by molar-refractivity contribution is 7.09. The standard InChI is InChI=1S/C25H26ClN5O4S/c1-25(2,35-20-6-4-3-5-18(20)26)24(34)31-13-9-17(10-14-31)23-28-19(15-36-23)22(33)30-29-21(32)16-7-11-27-12-8-16/h3-8,11-12,15,17H,9-10,13-14H2,1-2H3,(H,29,32)(H,30,33). The van der Waals surface area contributed by atoms with Crippen LogP contribution in [0.2, 0.25) is 5.02 Å². The van der Waals surface area contributed by atoms with Gasteiger partial charge in [-0.25, -0.2) is 4.98 Å². The van der Waals surface area contributed by atoms with Crippen LogP contribution >= 0.6 is 22.9 Å². The lowest BCUT2D eigenvalue weighted by molar-refractivity contribution is -0.146. The fourth-order valence-electron chi connectivity index (χ4n) is 3.89. The molecule has 1 saturated heterocycles. The van der Waals surface area contributed by atoms with Crippen LogP contribution in [-0.4, -0.2) is 51.3 Å². The fraction of sp³-hybridized carbons (Fsp3) is 0.320. The summed E-state index contributed by atoms with van der Waals surface area (Å²) in [6.07, 6.45) is 4.44. The van der Waals surface area contributed by atoms with E-state index in [-0.39, 0.29) is 17.5 Å². The van der Waals surface area contributed by atoms with Gasteiger partial charge in [0.25, 0.3) is 17.7 Å². The zero-order valence-electron chi connectivity index (χ0n) is 19.9. The van der Waals surface area contributed by atoms with E-state index in [9.17, 15) is 14.4 Å². The van der Waals surface area contributed by atoms with E-state index in [0.29, 0.717) is 29.4 Å². The summed E-state index contributed by atoms with van der Waals surface area (Å²) < 4.78 is 5.95. The first-order valence-corrected chi connectivity index (χ1v) is 12.7. The largest absolute Gasteiger partial charge is 0.476 e. The molecule has 3 aromatic rings. The van der Waals surface area contributed by atoms with E-state index in [1.54, 1.807) is 54.5 Å². The number of halogens is 1. The number of pyridine rings is 1. The summed E-state index contributed by atoms with van der Waals surface area (Å²) in [5, 5.41) is 2.96. The first-order valence-electron chi connectivity index (χ1n) is 11.4. The average Bonchev–Trinajstić information content (AvgIpc) is 3.39. The molecule has 1 fully saturated rings. The topological polar surface area (TPSA) is 114 Å². The molecule has 2 aromatic heterocycles. The molecule has 0 radical (unpaired) electrons. The Morgan fingerprint density at radius 2 is 1.72 bits per heavy atom. The van der Waals surface area contributed by atoms with Crippen molar-refractivity contribution in [2.24, 2.45) is 0 Å². The van der Waals surface area contributed by atoms with Crippen molar-refractivity contribution in [1.82, 2.24) is 25.7 Å². The minimum Gasteiger partial charge on any atom is -0.476 e. The molecule has 3 heterocycles. The summed E-state index contributed by atoms with van der Waals surface area (Å²) in [4.78, 5) is 47.8. The second-order valence-corrected chi connectivity index (χ2v) is 10.1. The van der Waals surface area contributed by atoms with Crippen molar-refractivity contribution in [2.75, 3.05) is 13.1 Å². The van der Waals surface area contributed by atoms with Gasteiger partial charge in [0.2, 0.25) is 0 Å². The van der Waals surface area contributed by atoms with E-state index in [1.165, 1.54) is 23.7 Å². The van der Waals surface area contributed by atoms with Gasteiger partial charge in [-0.1, -0.05) is 23.7 Å². The Morgan fingerprint density at radius 3 is 2.42 bits per heavy atom. The molecule has 0 spiro atoms. The maximum Gasteiger partial charge on any atom is 0.289 e. The number of benzene rings is 1. The maximum absolute atomic E-state index is 13.2. The Bertz CT molecular complexity index is 1240. The van der Waals surface area contributed by atoms with E-state index < -0.39 is 17.4 Å². The summed E-state index contributed by atoms with van der Waals surface area (Å²) in [6.45, 7) is 4.59. The number of hydrazine groups is 1. The molecule has 0 unspecified atom stereocenters. The number of carbonyl (C=O) groups is 3. The van der Waals surface area contributed by atoms with Gasteiger partial charge in [-0.15, -0.1) is 11.3 Å². The highest BCUT2D eigenvalue weighted by atomic mass is 35.5. The molecule has 0 saturated carbocycles. The molecule has 1 aromatic carbocycles. The summed E-state index contributed by atoms with van der Waals surface area (Å²) in [5.74, 6) is -0.437. The summed E-state index contributed by atoms with van der Waals surface area (Å²) >= 11 is 7.59. The summed E-state index contributed by atoms with van der Waals surface area (Å²) in [5.41, 5.74) is 4.31. The second kappa shape index (κ2) is 11.0. The zero-order valence-corrected chi connectivity index (χ0v) is 21.4. The van der Waals surface area contributed by atoms with Crippen LogP contribution in [0.25, 0.3) is 0 Å². The van der Waals surface area contributed by atoms with Crippen molar-refractivity contribution in [2.45, 2.75) is 38.2 Å². The number of likely N-dealkylation sites (tertiary alicyclic amines) is 1. The summed E-state index contributed by atoms with van der Waals surface area (Å²) in [6, 6.07) is 10.2. The SMILES string of the molecule is CC(C)(Oc1ccccc1Cl)C(=O)N1CCC(c2nc(C(=O)NNC(=O)c3ccncc3)cs2)CC1. The van der Waals surface area contributed by atoms with Crippen LogP contribution in [0, 0.1) is 0 Å². The lowest BCUT2D eigenvalue weighted by Crippen LogP contribution is -2.51. The molecule has 0 aliphatic carbocycles. The minimum atomic E-state index is -1.06. The van der Waals surface area contributed by atoms with Crippen LogP contribution in [-0.2, 0) is 4.79 Å². The van der Waals surface area contributed by atoms with Gasteiger partial charge in [0, 0.05) is 42.3 Å². The van der Waals surface area contributed by atoms with Crippen molar-refractivity contribution in [1.29, 1.82) is 0 Å². The lowest BCUT2D eigenvalue weighted by atomic mass is 9.96. The Balaban J connectivity index is 1.29. The van der Waals surface area contributed by atoms with Crippen LogP contribution < -0.4 is 15.6 Å². The predicted octanol–water partition coefficient (Wildman–Crippen LogP) is 3.83. The molecule has 188 valence electrons. The molecular formula is C25H26ClN5O4S. The van der Waals surface area contributed by atoms with E-state index in [2.05, 4.69) is 20.8 Å².